The van der Waals surface area contributed by atoms with E-state index in [4.69, 9.17) is 5.73 Å². The first-order valence-corrected chi connectivity index (χ1v) is 15.6. The Morgan fingerprint density at radius 1 is 0.955 bits per heavy atom. The van der Waals surface area contributed by atoms with Gasteiger partial charge in [0, 0.05) is 35.0 Å². The third kappa shape index (κ3) is 7.00. The molecule has 2 saturated carbocycles. The summed E-state index contributed by atoms with van der Waals surface area (Å²) in [7, 11) is 0. The minimum atomic E-state index is -0.746. The highest BCUT2D eigenvalue weighted by molar-refractivity contribution is 5.99. The molecule has 9 heteroatoms. The molecule has 4 aromatic rings. The van der Waals surface area contributed by atoms with Crippen LogP contribution in [0.4, 0.5) is 5.69 Å². The number of nitrogens with one attached hydrogen (secondary N) is 4. The first-order valence-electron chi connectivity index (χ1n) is 15.6. The number of H-pyrrole nitrogens is 1. The van der Waals surface area contributed by atoms with Crippen LogP contribution in [0.15, 0.2) is 66.9 Å². The first kappa shape index (κ1) is 29.6. The summed E-state index contributed by atoms with van der Waals surface area (Å²) in [6, 6.07) is 19.0. The molecular formula is C35H40N6O3. The summed E-state index contributed by atoms with van der Waals surface area (Å²) in [6.07, 6.45) is 7.62. The molecule has 0 saturated heterocycles. The van der Waals surface area contributed by atoms with Gasteiger partial charge < -0.3 is 21.7 Å². The van der Waals surface area contributed by atoms with E-state index >= 15 is 0 Å². The lowest BCUT2D eigenvalue weighted by atomic mass is 9.81. The Kier molecular flexibility index (Phi) is 8.74. The van der Waals surface area contributed by atoms with Crippen LogP contribution in [-0.4, -0.2) is 46.5 Å². The lowest BCUT2D eigenvalue weighted by Gasteiger charge is -2.28. The predicted octanol–water partition coefficient (Wildman–Crippen LogP) is 4.86. The molecule has 228 valence electrons. The van der Waals surface area contributed by atoms with Crippen molar-refractivity contribution in [3.8, 4) is 11.1 Å². The average molecular weight is 593 g/mol. The van der Waals surface area contributed by atoms with Crippen molar-refractivity contribution >= 4 is 34.3 Å². The van der Waals surface area contributed by atoms with Gasteiger partial charge in [-0.15, -0.1) is 0 Å². The number of benzene rings is 3. The number of anilines is 1. The Morgan fingerprint density at radius 2 is 1.73 bits per heavy atom. The number of hydrogen-bond donors (Lipinski definition) is 5. The monoisotopic (exact) mass is 592 g/mol. The van der Waals surface area contributed by atoms with Gasteiger partial charge in [0.15, 0.2) is 0 Å². The fraction of sp³-hybridized carbons (Fsp3) is 0.371. The number of carbonyl (C=O) groups is 3. The summed E-state index contributed by atoms with van der Waals surface area (Å²) >= 11 is 0. The van der Waals surface area contributed by atoms with Gasteiger partial charge in [-0.3, -0.25) is 19.5 Å². The fourth-order valence-corrected chi connectivity index (χ4v) is 6.08. The van der Waals surface area contributed by atoms with Gasteiger partial charge >= 0.3 is 0 Å². The average Bonchev–Trinajstić information content (AvgIpc) is 3.73. The summed E-state index contributed by atoms with van der Waals surface area (Å²) < 4.78 is 0. The number of hydrogen-bond acceptors (Lipinski definition) is 5. The van der Waals surface area contributed by atoms with Crippen LogP contribution in [0.2, 0.25) is 0 Å². The zero-order chi connectivity index (χ0) is 30.6. The highest BCUT2D eigenvalue weighted by Crippen LogP contribution is 2.29. The van der Waals surface area contributed by atoms with Crippen molar-refractivity contribution in [2.45, 2.75) is 64.0 Å². The van der Waals surface area contributed by atoms with Gasteiger partial charge in [0.1, 0.15) is 6.04 Å². The van der Waals surface area contributed by atoms with Crippen LogP contribution in [0.25, 0.3) is 22.0 Å². The van der Waals surface area contributed by atoms with Crippen molar-refractivity contribution in [3.05, 3.63) is 83.6 Å². The zero-order valence-electron chi connectivity index (χ0n) is 25.1. The van der Waals surface area contributed by atoms with E-state index in [1.165, 1.54) is 0 Å². The van der Waals surface area contributed by atoms with E-state index in [0.29, 0.717) is 36.2 Å². The highest BCUT2D eigenvalue weighted by atomic mass is 16.2. The number of nitrogens with zero attached hydrogens (tertiary/aromatic N) is 1. The van der Waals surface area contributed by atoms with E-state index in [-0.39, 0.29) is 23.6 Å². The summed E-state index contributed by atoms with van der Waals surface area (Å²) in [5, 5.41) is 17.0. The van der Waals surface area contributed by atoms with Crippen molar-refractivity contribution in [2.75, 3.05) is 11.9 Å². The van der Waals surface area contributed by atoms with E-state index in [1.54, 1.807) is 6.20 Å². The topological polar surface area (TPSA) is 142 Å². The Labute approximate surface area is 257 Å². The quantitative estimate of drug-likeness (QED) is 0.179. The van der Waals surface area contributed by atoms with E-state index < -0.39 is 6.04 Å². The summed E-state index contributed by atoms with van der Waals surface area (Å²) in [4.78, 5) is 39.4. The Hall–Kier alpha value is -4.50. The number of nitrogens with two attached hydrogens (primary N) is 1. The number of aromatic nitrogens is 2. The first-order chi connectivity index (χ1) is 21.4. The van der Waals surface area contributed by atoms with E-state index in [9.17, 15) is 14.4 Å². The molecule has 44 heavy (non-hydrogen) atoms. The van der Waals surface area contributed by atoms with Crippen LogP contribution in [0.1, 0.15) is 60.0 Å². The van der Waals surface area contributed by atoms with Crippen LogP contribution < -0.4 is 21.7 Å². The normalized spacial score (nSPS) is 18.9. The molecular weight excluding hydrogens is 552 g/mol. The van der Waals surface area contributed by atoms with Crippen LogP contribution >= 0.6 is 0 Å². The van der Waals surface area contributed by atoms with Crippen molar-refractivity contribution in [1.29, 1.82) is 0 Å². The van der Waals surface area contributed by atoms with Gasteiger partial charge in [0.25, 0.3) is 5.91 Å². The summed E-state index contributed by atoms with van der Waals surface area (Å²) in [5.41, 5.74) is 12.0. The lowest BCUT2D eigenvalue weighted by Crippen LogP contribution is -2.48. The second-order valence-electron chi connectivity index (χ2n) is 12.4. The molecule has 6 rings (SSSR count). The fourth-order valence-electron chi connectivity index (χ4n) is 6.08. The molecule has 1 aromatic heterocycles. The summed E-state index contributed by atoms with van der Waals surface area (Å²) in [5.74, 6) is -0.0285. The van der Waals surface area contributed by atoms with Crippen molar-refractivity contribution < 1.29 is 14.4 Å². The number of aromatic amines is 1. The molecule has 3 amide bonds. The molecule has 1 heterocycles. The van der Waals surface area contributed by atoms with Crippen LogP contribution in [0.3, 0.4) is 0 Å². The third-order valence-electron chi connectivity index (χ3n) is 9.00. The SMILES string of the molecule is Cc1cc(C(=O)NC2CC2)ccc1-c1ccc(C[C@H](NC(=O)C2CCC(CN)CC2)C(=O)Nc2ccc3cn[nH]c3c2)cc1. The number of carbonyl (C=O) groups excluding carboxylic acids is 3. The van der Waals surface area contributed by atoms with Gasteiger partial charge in [-0.1, -0.05) is 30.3 Å². The second kappa shape index (κ2) is 13.0. The molecule has 0 radical (unpaired) electrons. The van der Waals surface area contributed by atoms with Crippen LogP contribution in [-0.2, 0) is 16.0 Å². The van der Waals surface area contributed by atoms with Gasteiger partial charge in [0.05, 0.1) is 11.7 Å². The Balaban J connectivity index is 1.16. The molecule has 1 atom stereocenters. The standard InChI is InChI=1S/C35H40N6O3/c1-21-16-26(34(43)38-28-13-14-28)11-15-30(21)24-6-2-22(3-7-24)17-32(40-33(42)25-8-4-23(19-36)5-9-25)35(44)39-29-12-10-27-20-37-41-31(27)18-29/h2-3,6-7,10-12,15-16,18,20,23,25,28,32H,4-5,8-9,13-14,17,19,36H2,1H3,(H,37,41)(H,38,43)(H,39,44)(H,40,42)/t23?,25?,32-/m0/s1. The number of rotatable bonds is 10. The lowest BCUT2D eigenvalue weighted by molar-refractivity contribution is -0.130. The minimum absolute atomic E-state index is 0.0271. The second-order valence-corrected chi connectivity index (χ2v) is 12.4. The predicted molar refractivity (Wildman–Crippen MR) is 172 cm³/mol. The molecule has 0 unspecified atom stereocenters. The van der Waals surface area contributed by atoms with Crippen molar-refractivity contribution in [3.63, 3.8) is 0 Å². The van der Waals surface area contributed by atoms with Gasteiger partial charge in [-0.05, 0) is 110 Å². The molecule has 2 aliphatic rings. The molecule has 0 spiro atoms. The molecule has 0 aliphatic heterocycles. The highest BCUT2D eigenvalue weighted by Gasteiger charge is 2.29. The summed E-state index contributed by atoms with van der Waals surface area (Å²) in [6.45, 7) is 2.66. The minimum Gasteiger partial charge on any atom is -0.349 e. The number of aryl methyl sites for hydroxylation is 1. The molecule has 9 nitrogen and oxygen atoms in total. The van der Waals surface area contributed by atoms with Crippen molar-refractivity contribution in [2.24, 2.45) is 17.6 Å². The smallest absolute Gasteiger partial charge is 0.251 e. The number of amides is 3. The maximum atomic E-state index is 13.6. The van der Waals surface area contributed by atoms with Crippen LogP contribution in [0, 0.1) is 18.8 Å². The number of fused-ring (bicyclic) bond motifs is 1. The molecule has 0 bridgehead atoms. The zero-order valence-corrected chi connectivity index (χ0v) is 25.1. The van der Waals surface area contributed by atoms with E-state index in [2.05, 4.69) is 26.1 Å². The van der Waals surface area contributed by atoms with Crippen LogP contribution in [0.5, 0.6) is 0 Å². The van der Waals surface area contributed by atoms with Crippen molar-refractivity contribution in [1.82, 2.24) is 20.8 Å². The largest absolute Gasteiger partial charge is 0.349 e. The van der Waals surface area contributed by atoms with E-state index in [1.807, 2.05) is 67.6 Å². The van der Waals surface area contributed by atoms with Gasteiger partial charge in [-0.2, -0.15) is 5.10 Å². The maximum absolute atomic E-state index is 13.6. The van der Waals surface area contributed by atoms with Gasteiger partial charge in [-0.25, -0.2) is 0 Å². The maximum Gasteiger partial charge on any atom is 0.251 e. The molecule has 6 N–H and O–H groups in total. The molecule has 2 aliphatic carbocycles. The molecule has 2 fully saturated rings. The van der Waals surface area contributed by atoms with E-state index in [0.717, 1.165) is 71.7 Å². The Bertz CT molecular complexity index is 1650. The molecule has 3 aromatic carbocycles. The third-order valence-corrected chi connectivity index (χ3v) is 9.00. The van der Waals surface area contributed by atoms with Gasteiger partial charge in [0.2, 0.25) is 11.8 Å². The Morgan fingerprint density at radius 3 is 2.43 bits per heavy atom.